The Morgan fingerprint density at radius 2 is 2.24 bits per heavy atom. The standard InChI is InChI=1S/C16H18N2O3/c1-2-21-16(20)17-10-7-8-12-11-5-3-4-6-13(11)15(19)18-14(12)9-10/h7-9,12H,2-6H2,1H3,(H,18,19)/b17-10-. The average Bonchev–Trinajstić information content (AvgIpc) is 2.47. The second kappa shape index (κ2) is 5.68. The normalized spacial score (nSPS) is 26.0. The summed E-state index contributed by atoms with van der Waals surface area (Å²) in [5.74, 6) is 0.122. The second-order valence-electron chi connectivity index (χ2n) is 5.34. The van der Waals surface area contributed by atoms with Gasteiger partial charge in [-0.3, -0.25) is 4.79 Å². The third-order valence-electron chi connectivity index (χ3n) is 4.00. The third-order valence-corrected chi connectivity index (χ3v) is 4.00. The van der Waals surface area contributed by atoms with Gasteiger partial charge < -0.3 is 10.1 Å². The van der Waals surface area contributed by atoms with Crippen molar-refractivity contribution in [2.75, 3.05) is 6.61 Å². The Bertz CT molecular complexity index is 611. The molecule has 3 aliphatic rings. The molecule has 1 unspecified atom stereocenters. The zero-order valence-electron chi connectivity index (χ0n) is 12.0. The molecule has 0 saturated heterocycles. The first-order chi connectivity index (χ1) is 10.2. The number of allylic oxidation sites excluding steroid dienone is 3. The average molecular weight is 286 g/mol. The first-order valence-corrected chi connectivity index (χ1v) is 7.37. The number of carbonyl (C=O) groups is 2. The van der Waals surface area contributed by atoms with E-state index in [9.17, 15) is 9.59 Å². The summed E-state index contributed by atoms with van der Waals surface area (Å²) >= 11 is 0. The summed E-state index contributed by atoms with van der Waals surface area (Å²) in [6, 6.07) is 0. The Labute approximate surface area is 123 Å². The number of nitrogens with one attached hydrogen (secondary N) is 1. The molecule has 0 aromatic heterocycles. The highest BCUT2D eigenvalue weighted by Crippen LogP contribution is 2.38. The lowest BCUT2D eigenvalue weighted by atomic mass is 9.77. The van der Waals surface area contributed by atoms with Gasteiger partial charge in [-0.2, -0.15) is 4.99 Å². The first kappa shape index (κ1) is 13.8. The topological polar surface area (TPSA) is 67.8 Å². The molecule has 1 N–H and O–H groups in total. The smallest absolute Gasteiger partial charge is 0.434 e. The maximum atomic E-state index is 12.1. The Kier molecular flexibility index (Phi) is 3.73. The van der Waals surface area contributed by atoms with Crippen molar-refractivity contribution in [1.29, 1.82) is 0 Å². The van der Waals surface area contributed by atoms with Crippen LogP contribution >= 0.6 is 0 Å². The summed E-state index contributed by atoms with van der Waals surface area (Å²) in [6.07, 6.45) is 9.03. The molecule has 3 rings (SSSR count). The first-order valence-electron chi connectivity index (χ1n) is 7.37. The molecule has 110 valence electrons. The van der Waals surface area contributed by atoms with Crippen LogP contribution in [0.5, 0.6) is 0 Å². The number of ether oxygens (including phenoxy) is 1. The number of nitrogens with zero attached hydrogens (tertiary/aromatic N) is 1. The van der Waals surface area contributed by atoms with Gasteiger partial charge in [0.15, 0.2) is 0 Å². The number of hydrogen-bond donors (Lipinski definition) is 1. The minimum Gasteiger partial charge on any atom is -0.448 e. The van der Waals surface area contributed by atoms with Crippen LogP contribution in [-0.4, -0.2) is 24.3 Å². The molecule has 1 heterocycles. The second-order valence-corrected chi connectivity index (χ2v) is 5.34. The van der Waals surface area contributed by atoms with Gasteiger partial charge in [0, 0.05) is 17.2 Å². The molecule has 0 bridgehead atoms. The summed E-state index contributed by atoms with van der Waals surface area (Å²) in [5.41, 5.74) is 3.49. The van der Waals surface area contributed by atoms with Crippen molar-refractivity contribution in [3.63, 3.8) is 0 Å². The lowest BCUT2D eigenvalue weighted by Gasteiger charge is -2.33. The molecule has 1 atom stereocenters. The van der Waals surface area contributed by atoms with E-state index in [0.29, 0.717) is 12.3 Å². The van der Waals surface area contributed by atoms with Gasteiger partial charge in [-0.05, 0) is 50.3 Å². The molecule has 0 spiro atoms. The molecule has 0 saturated carbocycles. The Balaban J connectivity index is 1.88. The van der Waals surface area contributed by atoms with E-state index in [2.05, 4.69) is 10.3 Å². The summed E-state index contributed by atoms with van der Waals surface area (Å²) in [6.45, 7) is 2.03. The van der Waals surface area contributed by atoms with Gasteiger partial charge in [0.25, 0.3) is 5.91 Å². The number of amides is 2. The van der Waals surface area contributed by atoms with Crippen molar-refractivity contribution in [2.45, 2.75) is 32.6 Å². The molecule has 5 nitrogen and oxygen atoms in total. The fourth-order valence-electron chi connectivity index (χ4n) is 3.08. The van der Waals surface area contributed by atoms with E-state index in [-0.39, 0.29) is 11.8 Å². The highest BCUT2D eigenvalue weighted by atomic mass is 16.5. The molecule has 21 heavy (non-hydrogen) atoms. The van der Waals surface area contributed by atoms with E-state index < -0.39 is 6.09 Å². The van der Waals surface area contributed by atoms with Crippen LogP contribution < -0.4 is 5.32 Å². The van der Waals surface area contributed by atoms with Crippen LogP contribution in [0.25, 0.3) is 0 Å². The van der Waals surface area contributed by atoms with Crippen LogP contribution in [0.1, 0.15) is 32.6 Å². The van der Waals surface area contributed by atoms with Crippen molar-refractivity contribution >= 4 is 17.7 Å². The van der Waals surface area contributed by atoms with Crippen LogP contribution in [0.4, 0.5) is 4.79 Å². The largest absolute Gasteiger partial charge is 0.448 e. The molecule has 0 radical (unpaired) electrons. The van der Waals surface area contributed by atoms with Gasteiger partial charge in [-0.1, -0.05) is 6.08 Å². The molecule has 0 aromatic carbocycles. The lowest BCUT2D eigenvalue weighted by Crippen LogP contribution is -2.37. The van der Waals surface area contributed by atoms with Gasteiger partial charge in [-0.15, -0.1) is 0 Å². The van der Waals surface area contributed by atoms with E-state index >= 15 is 0 Å². The number of carbonyl (C=O) groups excluding carboxylic acids is 2. The minimum atomic E-state index is -0.604. The number of rotatable bonds is 1. The Morgan fingerprint density at radius 1 is 1.43 bits per heavy atom. The van der Waals surface area contributed by atoms with E-state index in [1.54, 1.807) is 13.0 Å². The van der Waals surface area contributed by atoms with Crippen molar-refractivity contribution in [2.24, 2.45) is 10.9 Å². The van der Waals surface area contributed by atoms with E-state index in [4.69, 9.17) is 4.74 Å². The molecule has 5 heteroatoms. The van der Waals surface area contributed by atoms with Crippen LogP contribution in [0, 0.1) is 5.92 Å². The van der Waals surface area contributed by atoms with E-state index in [1.807, 2.05) is 12.2 Å². The third kappa shape index (κ3) is 2.68. The Hall–Kier alpha value is -2.17. The summed E-state index contributed by atoms with van der Waals surface area (Å²) in [4.78, 5) is 27.4. The van der Waals surface area contributed by atoms with Crippen LogP contribution in [-0.2, 0) is 9.53 Å². The predicted molar refractivity (Wildman–Crippen MR) is 78.8 cm³/mol. The van der Waals surface area contributed by atoms with Crippen LogP contribution in [0.15, 0.2) is 40.1 Å². The van der Waals surface area contributed by atoms with E-state index in [1.165, 1.54) is 5.57 Å². The summed E-state index contributed by atoms with van der Waals surface area (Å²) in [7, 11) is 0. The molecule has 2 amide bonds. The molecule has 1 aliphatic heterocycles. The fourth-order valence-corrected chi connectivity index (χ4v) is 3.08. The molecule has 0 fully saturated rings. The molecule has 0 aromatic rings. The van der Waals surface area contributed by atoms with Gasteiger partial charge in [-0.25, -0.2) is 4.79 Å². The van der Waals surface area contributed by atoms with E-state index in [0.717, 1.165) is 37.0 Å². The van der Waals surface area contributed by atoms with Gasteiger partial charge in [0.2, 0.25) is 0 Å². The maximum Gasteiger partial charge on any atom is 0.434 e. The lowest BCUT2D eigenvalue weighted by molar-refractivity contribution is -0.117. The Morgan fingerprint density at radius 3 is 3.05 bits per heavy atom. The van der Waals surface area contributed by atoms with Crippen molar-refractivity contribution in [1.82, 2.24) is 5.32 Å². The summed E-state index contributed by atoms with van der Waals surface area (Å²) in [5, 5.41) is 2.93. The number of hydrogen-bond acceptors (Lipinski definition) is 3. The number of aliphatic imine (C=N–C) groups is 1. The zero-order valence-corrected chi connectivity index (χ0v) is 12.0. The van der Waals surface area contributed by atoms with Crippen molar-refractivity contribution in [3.8, 4) is 0 Å². The maximum absolute atomic E-state index is 12.1. The minimum absolute atomic E-state index is 0.00187. The van der Waals surface area contributed by atoms with Crippen LogP contribution in [0.2, 0.25) is 0 Å². The van der Waals surface area contributed by atoms with Gasteiger partial charge >= 0.3 is 6.09 Å². The highest BCUT2D eigenvalue weighted by molar-refractivity contribution is 6.10. The number of fused-ring (bicyclic) bond motifs is 2. The molecule has 2 aliphatic carbocycles. The summed E-state index contributed by atoms with van der Waals surface area (Å²) < 4.78 is 4.80. The highest BCUT2D eigenvalue weighted by Gasteiger charge is 2.32. The van der Waals surface area contributed by atoms with Crippen molar-refractivity contribution in [3.05, 3.63) is 35.1 Å². The fraction of sp³-hybridized carbons (Fsp3) is 0.438. The SMILES string of the molecule is CCOC(=O)/N=C1/C=CC2C(=C1)NC(=O)C1=C2CCCC1. The van der Waals surface area contributed by atoms with Gasteiger partial charge in [0.1, 0.15) is 0 Å². The zero-order chi connectivity index (χ0) is 14.8. The van der Waals surface area contributed by atoms with Crippen molar-refractivity contribution < 1.29 is 14.3 Å². The monoisotopic (exact) mass is 286 g/mol. The van der Waals surface area contributed by atoms with Gasteiger partial charge in [0.05, 0.1) is 12.3 Å². The quantitative estimate of drug-likeness (QED) is 0.805. The molecular weight excluding hydrogens is 268 g/mol. The molecular formula is C16H18N2O3. The van der Waals surface area contributed by atoms with Crippen LogP contribution in [0.3, 0.4) is 0 Å². The predicted octanol–water partition coefficient (Wildman–Crippen LogP) is 2.65.